The summed E-state index contributed by atoms with van der Waals surface area (Å²) >= 11 is 0. The van der Waals surface area contributed by atoms with Crippen molar-refractivity contribution in [3.05, 3.63) is 35.4 Å². The summed E-state index contributed by atoms with van der Waals surface area (Å²) in [5, 5.41) is 0. The molecule has 0 heterocycles. The highest BCUT2D eigenvalue weighted by molar-refractivity contribution is 5.84. The first-order valence-corrected chi connectivity index (χ1v) is 7.12. The minimum absolute atomic E-state index is 0.0864. The van der Waals surface area contributed by atoms with E-state index in [1.807, 2.05) is 0 Å². The summed E-state index contributed by atoms with van der Waals surface area (Å²) < 4.78 is 37.9. The molecule has 2 fully saturated rings. The lowest BCUT2D eigenvalue weighted by atomic mass is 9.83. The van der Waals surface area contributed by atoms with Gasteiger partial charge in [-0.2, -0.15) is 13.2 Å². The molecule has 0 aliphatic heterocycles. The molecule has 3 unspecified atom stereocenters. The highest BCUT2D eigenvalue weighted by atomic mass is 19.4. The van der Waals surface area contributed by atoms with Gasteiger partial charge in [0.15, 0.2) is 0 Å². The molecule has 20 heavy (non-hydrogen) atoms. The predicted octanol–water partition coefficient (Wildman–Crippen LogP) is 4.25. The van der Waals surface area contributed by atoms with Gasteiger partial charge in [-0.05, 0) is 42.7 Å². The van der Waals surface area contributed by atoms with Gasteiger partial charge in [-0.3, -0.25) is 4.79 Å². The normalized spacial score (nSPS) is 28.9. The van der Waals surface area contributed by atoms with Crippen molar-refractivity contribution in [2.24, 2.45) is 17.8 Å². The van der Waals surface area contributed by atoms with Crippen LogP contribution in [0.1, 0.15) is 36.8 Å². The molecule has 0 N–H and O–H groups in total. The summed E-state index contributed by atoms with van der Waals surface area (Å²) in [6.45, 7) is 0. The van der Waals surface area contributed by atoms with Gasteiger partial charge in [0.2, 0.25) is 0 Å². The van der Waals surface area contributed by atoms with Crippen molar-refractivity contribution < 1.29 is 18.0 Å². The van der Waals surface area contributed by atoms with Gasteiger partial charge in [-0.1, -0.05) is 24.6 Å². The number of Topliss-reactive ketones (excluding diaryl/α,β-unsaturated/α-hetero) is 1. The van der Waals surface area contributed by atoms with Gasteiger partial charge < -0.3 is 0 Å². The maximum Gasteiger partial charge on any atom is 0.416 e. The summed E-state index contributed by atoms with van der Waals surface area (Å²) in [5.41, 5.74) is -0.191. The van der Waals surface area contributed by atoms with Crippen molar-refractivity contribution in [3.8, 4) is 0 Å². The zero-order valence-corrected chi connectivity index (χ0v) is 11.1. The Morgan fingerprint density at radius 2 is 2.00 bits per heavy atom. The standard InChI is InChI=1S/C16H17F3O/c17-16(18,19)13-3-1-2-10(7-13)9-15(20)14-8-11-4-5-12(14)6-11/h1-3,7,11-12,14H,4-6,8-9H2. The van der Waals surface area contributed by atoms with E-state index in [9.17, 15) is 18.0 Å². The highest BCUT2D eigenvalue weighted by Crippen LogP contribution is 2.48. The number of hydrogen-bond donors (Lipinski definition) is 0. The molecule has 108 valence electrons. The number of fused-ring (bicyclic) bond motifs is 2. The van der Waals surface area contributed by atoms with E-state index in [2.05, 4.69) is 0 Å². The average Bonchev–Trinajstić information content (AvgIpc) is 3.00. The number of carbonyl (C=O) groups excluding carboxylic acids is 1. The monoisotopic (exact) mass is 282 g/mol. The smallest absolute Gasteiger partial charge is 0.299 e. The van der Waals surface area contributed by atoms with Crippen molar-refractivity contribution in [1.29, 1.82) is 0 Å². The minimum Gasteiger partial charge on any atom is -0.299 e. The third kappa shape index (κ3) is 2.60. The van der Waals surface area contributed by atoms with Crippen molar-refractivity contribution >= 4 is 5.78 Å². The molecular formula is C16H17F3O. The first-order valence-electron chi connectivity index (χ1n) is 7.12. The topological polar surface area (TPSA) is 17.1 Å². The van der Waals surface area contributed by atoms with Gasteiger partial charge in [-0.25, -0.2) is 0 Å². The largest absolute Gasteiger partial charge is 0.416 e. The minimum atomic E-state index is -4.34. The highest BCUT2D eigenvalue weighted by Gasteiger charge is 2.42. The zero-order chi connectivity index (χ0) is 14.3. The van der Waals surface area contributed by atoms with Crippen LogP contribution in [0.4, 0.5) is 13.2 Å². The molecule has 0 saturated heterocycles. The summed E-state index contributed by atoms with van der Waals surface area (Å²) in [4.78, 5) is 12.3. The maximum absolute atomic E-state index is 12.6. The molecule has 2 bridgehead atoms. The Kier molecular flexibility index (Phi) is 3.35. The predicted molar refractivity (Wildman–Crippen MR) is 69.1 cm³/mol. The van der Waals surface area contributed by atoms with Crippen molar-refractivity contribution in [2.45, 2.75) is 38.3 Å². The fourth-order valence-electron chi connectivity index (χ4n) is 3.83. The second kappa shape index (κ2) is 4.90. The van der Waals surface area contributed by atoms with Crippen LogP contribution in [0.2, 0.25) is 0 Å². The van der Waals surface area contributed by atoms with Crippen LogP contribution in [0, 0.1) is 17.8 Å². The van der Waals surface area contributed by atoms with Gasteiger partial charge in [0.1, 0.15) is 5.78 Å². The Bertz CT molecular complexity index is 521. The van der Waals surface area contributed by atoms with Gasteiger partial charge in [0.25, 0.3) is 0 Å². The lowest BCUT2D eigenvalue weighted by Crippen LogP contribution is -2.22. The molecule has 0 aromatic heterocycles. The number of hydrogen-bond acceptors (Lipinski definition) is 1. The number of rotatable bonds is 3. The maximum atomic E-state index is 12.6. The number of halogens is 3. The second-order valence-corrected chi connectivity index (χ2v) is 6.12. The van der Waals surface area contributed by atoms with E-state index >= 15 is 0 Å². The molecule has 2 aliphatic carbocycles. The van der Waals surface area contributed by atoms with E-state index in [1.54, 1.807) is 6.07 Å². The van der Waals surface area contributed by atoms with Gasteiger partial charge in [0, 0.05) is 12.3 Å². The van der Waals surface area contributed by atoms with Crippen LogP contribution in [-0.2, 0) is 17.4 Å². The number of benzene rings is 1. The summed E-state index contributed by atoms with van der Waals surface area (Å²) in [6, 6.07) is 5.14. The van der Waals surface area contributed by atoms with Crippen LogP contribution >= 0.6 is 0 Å². The van der Waals surface area contributed by atoms with Crippen LogP contribution in [0.15, 0.2) is 24.3 Å². The quantitative estimate of drug-likeness (QED) is 0.810. The van der Waals surface area contributed by atoms with E-state index in [1.165, 1.54) is 12.5 Å². The fourth-order valence-corrected chi connectivity index (χ4v) is 3.83. The third-order valence-electron chi connectivity index (χ3n) is 4.78. The first kappa shape index (κ1) is 13.7. The molecule has 0 spiro atoms. The number of carbonyl (C=O) groups is 1. The molecule has 1 aromatic rings. The van der Waals surface area contributed by atoms with E-state index in [0.717, 1.165) is 31.4 Å². The van der Waals surface area contributed by atoms with E-state index in [0.29, 0.717) is 17.4 Å². The van der Waals surface area contributed by atoms with Crippen LogP contribution in [0.25, 0.3) is 0 Å². The Hall–Kier alpha value is -1.32. The Morgan fingerprint density at radius 3 is 2.60 bits per heavy atom. The lowest BCUT2D eigenvalue weighted by molar-refractivity contribution is -0.137. The van der Waals surface area contributed by atoms with Crippen LogP contribution < -0.4 is 0 Å². The molecule has 3 rings (SSSR count). The Balaban J connectivity index is 1.70. The Morgan fingerprint density at radius 1 is 1.20 bits per heavy atom. The van der Waals surface area contributed by atoms with Crippen molar-refractivity contribution in [1.82, 2.24) is 0 Å². The first-order chi connectivity index (χ1) is 9.43. The molecule has 1 aromatic carbocycles. The van der Waals surface area contributed by atoms with E-state index in [4.69, 9.17) is 0 Å². The van der Waals surface area contributed by atoms with Gasteiger partial charge >= 0.3 is 6.18 Å². The van der Waals surface area contributed by atoms with Gasteiger partial charge in [-0.15, -0.1) is 0 Å². The molecule has 1 nitrogen and oxygen atoms in total. The van der Waals surface area contributed by atoms with Crippen LogP contribution in [0.3, 0.4) is 0 Å². The molecule has 0 radical (unpaired) electrons. The lowest BCUT2D eigenvalue weighted by Gasteiger charge is -2.20. The molecule has 4 heteroatoms. The fraction of sp³-hybridized carbons (Fsp3) is 0.562. The molecule has 2 saturated carbocycles. The molecular weight excluding hydrogens is 265 g/mol. The third-order valence-corrected chi connectivity index (χ3v) is 4.78. The van der Waals surface area contributed by atoms with E-state index < -0.39 is 11.7 Å². The van der Waals surface area contributed by atoms with Gasteiger partial charge in [0.05, 0.1) is 5.56 Å². The van der Waals surface area contributed by atoms with E-state index in [-0.39, 0.29) is 18.1 Å². The number of ketones is 1. The second-order valence-electron chi connectivity index (χ2n) is 6.12. The van der Waals surface area contributed by atoms with Crippen LogP contribution in [-0.4, -0.2) is 5.78 Å². The zero-order valence-electron chi connectivity index (χ0n) is 11.1. The summed E-state index contributed by atoms with van der Waals surface area (Å²) in [5.74, 6) is 1.37. The summed E-state index contributed by atoms with van der Waals surface area (Å²) in [6.07, 6.45) is 0.215. The summed E-state index contributed by atoms with van der Waals surface area (Å²) in [7, 11) is 0. The van der Waals surface area contributed by atoms with Crippen molar-refractivity contribution in [3.63, 3.8) is 0 Å². The van der Waals surface area contributed by atoms with Crippen molar-refractivity contribution in [2.75, 3.05) is 0 Å². The van der Waals surface area contributed by atoms with Crippen LogP contribution in [0.5, 0.6) is 0 Å². The SMILES string of the molecule is O=C(Cc1cccc(C(F)(F)F)c1)C1CC2CCC1C2. The average molecular weight is 282 g/mol. The molecule has 0 amide bonds. The molecule has 3 atom stereocenters. The Labute approximate surface area is 116 Å². The number of alkyl halides is 3. The molecule has 2 aliphatic rings.